The fourth-order valence-electron chi connectivity index (χ4n) is 3.06. The Hall–Kier alpha value is -2.80. The molecule has 0 atom stereocenters. The summed E-state index contributed by atoms with van der Waals surface area (Å²) in [4.78, 5) is 16.7. The number of hydrogen-bond acceptors (Lipinski definition) is 3. The van der Waals surface area contributed by atoms with Crippen molar-refractivity contribution in [3.05, 3.63) is 65.7 Å². The van der Waals surface area contributed by atoms with Crippen LogP contribution < -0.4 is 10.2 Å². The lowest BCUT2D eigenvalue weighted by Gasteiger charge is -2.34. The van der Waals surface area contributed by atoms with Gasteiger partial charge in [-0.3, -0.25) is 4.79 Å². The normalized spacial score (nSPS) is 15.8. The van der Waals surface area contributed by atoms with Crippen LogP contribution in [0.4, 0.5) is 24.5 Å². The average molecular weight is 389 g/mol. The highest BCUT2D eigenvalue weighted by atomic mass is 19.4. The molecular formula is C21H22F3N3O. The fourth-order valence-corrected chi connectivity index (χ4v) is 3.06. The van der Waals surface area contributed by atoms with Crippen molar-refractivity contribution < 1.29 is 18.0 Å². The summed E-state index contributed by atoms with van der Waals surface area (Å²) >= 11 is 0. The third kappa shape index (κ3) is 5.13. The van der Waals surface area contributed by atoms with Crippen molar-refractivity contribution in [1.82, 2.24) is 4.90 Å². The molecule has 1 heterocycles. The van der Waals surface area contributed by atoms with Gasteiger partial charge >= 0.3 is 6.18 Å². The Morgan fingerprint density at radius 2 is 1.64 bits per heavy atom. The molecule has 1 aliphatic heterocycles. The number of halogens is 3. The largest absolute Gasteiger partial charge is 0.416 e. The number of alkyl halides is 3. The maximum Gasteiger partial charge on any atom is 0.416 e. The fraction of sp³-hybridized carbons (Fsp3) is 0.286. The van der Waals surface area contributed by atoms with Gasteiger partial charge in [-0.15, -0.1) is 0 Å². The van der Waals surface area contributed by atoms with Crippen LogP contribution in [-0.4, -0.2) is 44.0 Å². The number of benzene rings is 2. The summed E-state index contributed by atoms with van der Waals surface area (Å²) in [5.74, 6) is -0.395. The summed E-state index contributed by atoms with van der Waals surface area (Å²) < 4.78 is 37.8. The van der Waals surface area contributed by atoms with E-state index in [9.17, 15) is 18.0 Å². The summed E-state index contributed by atoms with van der Waals surface area (Å²) in [6.07, 6.45) is -1.27. The molecule has 1 saturated heterocycles. The number of para-hydroxylation sites is 1. The molecule has 2 aromatic carbocycles. The maximum absolute atomic E-state index is 12.6. The van der Waals surface area contributed by atoms with Gasteiger partial charge < -0.3 is 15.1 Å². The van der Waals surface area contributed by atoms with E-state index in [-0.39, 0.29) is 0 Å². The molecule has 0 bridgehead atoms. The lowest BCUT2D eigenvalue weighted by Crippen LogP contribution is -2.44. The molecule has 0 radical (unpaired) electrons. The summed E-state index contributed by atoms with van der Waals surface area (Å²) in [6.45, 7) is 3.79. The molecule has 1 amide bonds. The van der Waals surface area contributed by atoms with E-state index in [2.05, 4.69) is 22.2 Å². The number of nitrogens with one attached hydrogen (secondary N) is 1. The first-order valence-electron chi connectivity index (χ1n) is 9.02. The van der Waals surface area contributed by atoms with Crippen molar-refractivity contribution in [2.45, 2.75) is 6.18 Å². The highest BCUT2D eigenvalue weighted by molar-refractivity contribution is 6.02. The topological polar surface area (TPSA) is 35.6 Å². The maximum atomic E-state index is 12.6. The summed E-state index contributed by atoms with van der Waals surface area (Å²) in [5, 5.41) is 2.58. The molecule has 1 N–H and O–H groups in total. The Morgan fingerprint density at radius 1 is 1.00 bits per heavy atom. The summed E-state index contributed by atoms with van der Waals surface area (Å²) in [6, 6.07) is 12.2. The van der Waals surface area contributed by atoms with E-state index in [0.29, 0.717) is 5.69 Å². The predicted molar refractivity (Wildman–Crippen MR) is 105 cm³/mol. The zero-order valence-electron chi connectivity index (χ0n) is 15.5. The lowest BCUT2D eigenvalue weighted by molar-refractivity contribution is -0.137. The first kappa shape index (κ1) is 19.9. The van der Waals surface area contributed by atoms with E-state index >= 15 is 0 Å². The molecular weight excluding hydrogens is 367 g/mol. The zero-order chi connectivity index (χ0) is 20.1. The minimum Gasteiger partial charge on any atom is -0.368 e. The Balaban J connectivity index is 1.66. The van der Waals surface area contributed by atoms with Crippen LogP contribution in [0, 0.1) is 0 Å². The van der Waals surface area contributed by atoms with Crippen molar-refractivity contribution in [2.24, 2.45) is 0 Å². The first-order valence-corrected chi connectivity index (χ1v) is 9.02. The number of likely N-dealkylation sites (N-methyl/N-ethyl adjacent to an activating group) is 1. The molecule has 1 fully saturated rings. The molecule has 0 spiro atoms. The standard InChI is InChI=1S/C21H22F3N3O/c1-26-12-14-27(15-13-26)19-5-3-2-4-16(19)6-11-20(28)25-18-9-7-17(8-10-18)21(22,23)24/h2-11H,12-15H2,1H3,(H,25,28). The number of anilines is 2. The van der Waals surface area contributed by atoms with Gasteiger partial charge in [-0.25, -0.2) is 0 Å². The number of piperazine rings is 1. The summed E-state index contributed by atoms with van der Waals surface area (Å²) in [5.41, 5.74) is 1.56. The molecule has 0 unspecified atom stereocenters. The van der Waals surface area contributed by atoms with E-state index < -0.39 is 17.6 Å². The number of carbonyl (C=O) groups excluding carboxylic acids is 1. The van der Waals surface area contributed by atoms with Gasteiger partial charge in [-0.05, 0) is 49.0 Å². The van der Waals surface area contributed by atoms with Gasteiger partial charge in [-0.2, -0.15) is 13.2 Å². The SMILES string of the molecule is CN1CCN(c2ccccc2C=CC(=O)Nc2ccc(C(F)(F)F)cc2)CC1. The molecule has 4 nitrogen and oxygen atoms in total. The van der Waals surface area contributed by atoms with Crippen LogP contribution in [0.1, 0.15) is 11.1 Å². The van der Waals surface area contributed by atoms with Crippen LogP contribution in [0.2, 0.25) is 0 Å². The minimum atomic E-state index is -4.39. The Kier molecular flexibility index (Phi) is 6.04. The monoisotopic (exact) mass is 389 g/mol. The molecule has 0 saturated carbocycles. The smallest absolute Gasteiger partial charge is 0.368 e. The molecule has 1 aliphatic rings. The van der Waals surface area contributed by atoms with E-state index in [1.165, 1.54) is 18.2 Å². The van der Waals surface area contributed by atoms with E-state index in [1.54, 1.807) is 6.08 Å². The van der Waals surface area contributed by atoms with Crippen molar-refractivity contribution in [2.75, 3.05) is 43.4 Å². The second-order valence-corrected chi connectivity index (χ2v) is 6.75. The number of rotatable bonds is 4. The van der Waals surface area contributed by atoms with E-state index in [4.69, 9.17) is 0 Å². The molecule has 3 rings (SSSR count). The van der Waals surface area contributed by atoms with Gasteiger partial charge in [0.2, 0.25) is 5.91 Å². The Bertz CT molecular complexity index is 839. The Labute approximate surface area is 162 Å². The van der Waals surface area contributed by atoms with E-state index in [1.807, 2.05) is 24.3 Å². The molecule has 28 heavy (non-hydrogen) atoms. The van der Waals surface area contributed by atoms with E-state index in [0.717, 1.165) is 49.6 Å². The van der Waals surface area contributed by atoms with Gasteiger partial charge in [0.1, 0.15) is 0 Å². The van der Waals surface area contributed by atoms with Crippen LogP contribution in [-0.2, 0) is 11.0 Å². The van der Waals surface area contributed by atoms with Crippen molar-refractivity contribution in [3.8, 4) is 0 Å². The van der Waals surface area contributed by atoms with Crippen LogP contribution in [0.25, 0.3) is 6.08 Å². The van der Waals surface area contributed by atoms with Crippen molar-refractivity contribution >= 4 is 23.4 Å². The third-order valence-electron chi connectivity index (χ3n) is 4.67. The number of nitrogens with zero attached hydrogens (tertiary/aromatic N) is 2. The summed E-state index contributed by atoms with van der Waals surface area (Å²) in [7, 11) is 2.09. The highest BCUT2D eigenvalue weighted by Gasteiger charge is 2.29. The van der Waals surface area contributed by atoms with Crippen LogP contribution in [0.15, 0.2) is 54.6 Å². The van der Waals surface area contributed by atoms with Gasteiger partial charge in [0.15, 0.2) is 0 Å². The third-order valence-corrected chi connectivity index (χ3v) is 4.67. The molecule has 0 aliphatic carbocycles. The van der Waals surface area contributed by atoms with Crippen LogP contribution in [0.5, 0.6) is 0 Å². The molecule has 7 heteroatoms. The molecule has 2 aromatic rings. The van der Waals surface area contributed by atoms with Crippen LogP contribution in [0.3, 0.4) is 0 Å². The van der Waals surface area contributed by atoms with Gasteiger partial charge in [0.25, 0.3) is 0 Å². The van der Waals surface area contributed by atoms with Crippen LogP contribution >= 0.6 is 0 Å². The van der Waals surface area contributed by atoms with Gasteiger partial charge in [0, 0.05) is 43.6 Å². The number of carbonyl (C=O) groups is 1. The van der Waals surface area contributed by atoms with Gasteiger partial charge in [-0.1, -0.05) is 18.2 Å². The van der Waals surface area contributed by atoms with Gasteiger partial charge in [0.05, 0.1) is 5.56 Å². The predicted octanol–water partition coefficient (Wildman–Crippen LogP) is 4.11. The van der Waals surface area contributed by atoms with Crippen molar-refractivity contribution in [3.63, 3.8) is 0 Å². The molecule has 148 valence electrons. The quantitative estimate of drug-likeness (QED) is 0.800. The lowest BCUT2D eigenvalue weighted by atomic mass is 10.1. The second kappa shape index (κ2) is 8.48. The number of amides is 1. The zero-order valence-corrected chi connectivity index (χ0v) is 15.5. The molecule has 0 aromatic heterocycles. The Morgan fingerprint density at radius 3 is 2.29 bits per heavy atom. The minimum absolute atomic E-state index is 0.315. The first-order chi connectivity index (χ1) is 13.3. The second-order valence-electron chi connectivity index (χ2n) is 6.75. The highest BCUT2D eigenvalue weighted by Crippen LogP contribution is 2.29. The average Bonchev–Trinajstić information content (AvgIpc) is 2.67. The van der Waals surface area contributed by atoms with Crippen molar-refractivity contribution in [1.29, 1.82) is 0 Å². The number of hydrogen-bond donors (Lipinski definition) is 1.